The molecule has 0 bridgehead atoms. The van der Waals surface area contributed by atoms with Gasteiger partial charge in [0.05, 0.1) is 22.4 Å². The minimum atomic E-state index is 0.122. The molecular weight excluding hydrogens is 338 g/mol. The zero-order chi connectivity index (χ0) is 18.2. The number of pyridine rings is 3. The third kappa shape index (κ3) is 2.55. The van der Waals surface area contributed by atoms with Crippen LogP contribution in [0.2, 0.25) is 0 Å². The predicted octanol–water partition coefficient (Wildman–Crippen LogP) is 5.45. The van der Waals surface area contributed by atoms with Gasteiger partial charge in [0, 0.05) is 34.7 Å². The van der Waals surface area contributed by atoms with Crippen molar-refractivity contribution in [1.82, 2.24) is 15.0 Å². The minimum absolute atomic E-state index is 0.122. The van der Waals surface area contributed by atoms with Crippen LogP contribution >= 0.6 is 0 Å². The quantitative estimate of drug-likeness (QED) is 0.338. The van der Waals surface area contributed by atoms with Crippen molar-refractivity contribution in [2.45, 2.75) is 0 Å². The maximum Gasteiger partial charge on any atom is 0.141 e. The van der Waals surface area contributed by atoms with Crippen LogP contribution in [-0.4, -0.2) is 20.1 Å². The summed E-state index contributed by atoms with van der Waals surface area (Å²) in [5.41, 5.74) is 3.48. The molecule has 2 aromatic carbocycles. The fourth-order valence-electron chi connectivity index (χ4n) is 3.16. The van der Waals surface area contributed by atoms with Crippen LogP contribution in [0, 0.1) is 0 Å². The maximum absolute atomic E-state index is 9.97. The number of aromatic nitrogens is 3. The number of benzene rings is 2. The van der Waals surface area contributed by atoms with Crippen molar-refractivity contribution in [3.8, 4) is 5.75 Å². The van der Waals surface area contributed by atoms with Crippen molar-refractivity contribution in [1.29, 1.82) is 0 Å². The Labute approximate surface area is 153 Å². The van der Waals surface area contributed by atoms with E-state index in [-0.39, 0.29) is 5.75 Å². The average Bonchev–Trinajstić information content (AvgIpc) is 2.73. The molecule has 0 saturated heterocycles. The average molecular weight is 351 g/mol. The number of phenolic OH excluding ortho intramolecular Hbond substituents is 1. The molecule has 0 radical (unpaired) electrons. The molecule has 0 unspecified atom stereocenters. The third-order valence-corrected chi connectivity index (χ3v) is 4.45. The second kappa shape index (κ2) is 6.10. The Kier molecular flexibility index (Phi) is 3.47. The summed E-state index contributed by atoms with van der Waals surface area (Å²) in [6.45, 7) is 0. The molecule has 1 N–H and O–H groups in total. The molecule has 5 rings (SSSR count). The van der Waals surface area contributed by atoms with Gasteiger partial charge in [-0.3, -0.25) is 15.0 Å². The first-order valence-electron chi connectivity index (χ1n) is 8.42. The minimum Gasteiger partial charge on any atom is -0.506 e. The van der Waals surface area contributed by atoms with E-state index in [1.165, 1.54) is 0 Å². The molecule has 0 aliphatic rings. The lowest BCUT2D eigenvalue weighted by Crippen LogP contribution is -1.84. The van der Waals surface area contributed by atoms with Gasteiger partial charge in [-0.15, -0.1) is 10.2 Å². The second-order valence-corrected chi connectivity index (χ2v) is 6.07. The van der Waals surface area contributed by atoms with Crippen molar-refractivity contribution in [2.75, 3.05) is 0 Å². The Bertz CT molecular complexity index is 1350. The lowest BCUT2D eigenvalue weighted by Gasteiger charge is -2.05. The lowest BCUT2D eigenvalue weighted by atomic mass is 10.1. The summed E-state index contributed by atoms with van der Waals surface area (Å²) in [6.07, 6.45) is 5.10. The lowest BCUT2D eigenvalue weighted by molar-refractivity contribution is 0.480. The molecule has 3 aromatic heterocycles. The van der Waals surface area contributed by atoms with Crippen LogP contribution in [-0.2, 0) is 0 Å². The Morgan fingerprint density at radius 2 is 1.30 bits per heavy atom. The van der Waals surface area contributed by atoms with Crippen LogP contribution in [0.25, 0.3) is 32.7 Å². The SMILES string of the molecule is Oc1ccc(N=Nc2ccnc3c2ccc2cccnc23)c2cccnc12. The number of hydrogen-bond acceptors (Lipinski definition) is 6. The van der Waals surface area contributed by atoms with Gasteiger partial charge in [-0.1, -0.05) is 12.1 Å². The summed E-state index contributed by atoms with van der Waals surface area (Å²) in [4.78, 5) is 13.1. The summed E-state index contributed by atoms with van der Waals surface area (Å²) in [7, 11) is 0. The molecule has 0 fully saturated rings. The van der Waals surface area contributed by atoms with Crippen molar-refractivity contribution < 1.29 is 5.11 Å². The van der Waals surface area contributed by atoms with Gasteiger partial charge < -0.3 is 5.11 Å². The topological polar surface area (TPSA) is 83.6 Å². The summed E-state index contributed by atoms with van der Waals surface area (Å²) >= 11 is 0. The van der Waals surface area contributed by atoms with E-state index < -0.39 is 0 Å². The van der Waals surface area contributed by atoms with Gasteiger partial charge in [-0.25, -0.2) is 0 Å². The number of azo groups is 1. The molecule has 128 valence electrons. The van der Waals surface area contributed by atoms with Crippen molar-refractivity contribution in [3.63, 3.8) is 0 Å². The smallest absolute Gasteiger partial charge is 0.141 e. The van der Waals surface area contributed by atoms with E-state index in [1.807, 2.05) is 36.4 Å². The molecule has 3 heterocycles. The Balaban J connectivity index is 1.67. The molecule has 5 aromatic rings. The molecule has 0 saturated carbocycles. The maximum atomic E-state index is 9.97. The summed E-state index contributed by atoms with van der Waals surface area (Å²) in [6, 6.07) is 16.7. The summed E-state index contributed by atoms with van der Waals surface area (Å²) < 4.78 is 0. The molecule has 0 aliphatic carbocycles. The number of fused-ring (bicyclic) bond motifs is 4. The largest absolute Gasteiger partial charge is 0.506 e. The summed E-state index contributed by atoms with van der Waals surface area (Å²) in [5, 5.41) is 21.5. The zero-order valence-electron chi connectivity index (χ0n) is 14.1. The number of hydrogen-bond donors (Lipinski definition) is 1. The summed E-state index contributed by atoms with van der Waals surface area (Å²) in [5.74, 6) is 0.122. The number of nitrogens with zero attached hydrogens (tertiary/aromatic N) is 5. The zero-order valence-corrected chi connectivity index (χ0v) is 14.1. The Hall–Kier alpha value is -3.93. The monoisotopic (exact) mass is 351 g/mol. The predicted molar refractivity (Wildman–Crippen MR) is 105 cm³/mol. The van der Waals surface area contributed by atoms with E-state index >= 15 is 0 Å². The van der Waals surface area contributed by atoms with Crippen molar-refractivity contribution >= 4 is 44.1 Å². The molecule has 6 heteroatoms. The highest BCUT2D eigenvalue weighted by Gasteiger charge is 2.08. The first kappa shape index (κ1) is 15.3. The van der Waals surface area contributed by atoms with Gasteiger partial charge in [-0.05, 0) is 42.5 Å². The molecule has 6 nitrogen and oxygen atoms in total. The number of aromatic hydroxyl groups is 1. The van der Waals surface area contributed by atoms with E-state index in [4.69, 9.17) is 0 Å². The molecule has 27 heavy (non-hydrogen) atoms. The normalized spacial score (nSPS) is 11.7. The van der Waals surface area contributed by atoms with Crippen molar-refractivity contribution in [2.24, 2.45) is 10.2 Å². The highest BCUT2D eigenvalue weighted by atomic mass is 16.3. The van der Waals surface area contributed by atoms with Gasteiger partial charge in [0.25, 0.3) is 0 Å². The first-order valence-corrected chi connectivity index (χ1v) is 8.42. The van der Waals surface area contributed by atoms with E-state index in [1.54, 1.807) is 36.8 Å². The fourth-order valence-corrected chi connectivity index (χ4v) is 3.16. The molecule has 0 aliphatic heterocycles. The first-order chi connectivity index (χ1) is 13.3. The Morgan fingerprint density at radius 1 is 0.593 bits per heavy atom. The van der Waals surface area contributed by atoms with E-state index in [0.29, 0.717) is 16.9 Å². The van der Waals surface area contributed by atoms with Gasteiger partial charge >= 0.3 is 0 Å². The van der Waals surface area contributed by atoms with Crippen LogP contribution < -0.4 is 0 Å². The third-order valence-electron chi connectivity index (χ3n) is 4.45. The van der Waals surface area contributed by atoms with E-state index in [9.17, 15) is 5.11 Å². The van der Waals surface area contributed by atoms with Gasteiger partial charge in [0.1, 0.15) is 11.3 Å². The van der Waals surface area contributed by atoms with Gasteiger partial charge in [0.2, 0.25) is 0 Å². The number of phenols is 1. The molecule has 0 spiro atoms. The van der Waals surface area contributed by atoms with Crippen LogP contribution in [0.15, 0.2) is 83.4 Å². The molecule has 0 amide bonds. The van der Waals surface area contributed by atoms with Crippen LogP contribution in [0.1, 0.15) is 0 Å². The highest BCUT2D eigenvalue weighted by molar-refractivity contribution is 6.06. The van der Waals surface area contributed by atoms with Gasteiger partial charge in [-0.2, -0.15) is 0 Å². The standard InChI is InChI=1S/C21H13N5O/c27-18-8-7-16(14-4-2-11-23-20(14)18)25-26-17-9-12-24-21-15(17)6-5-13-3-1-10-22-19(13)21/h1-12,27H. The van der Waals surface area contributed by atoms with Gasteiger partial charge in [0.15, 0.2) is 0 Å². The highest BCUT2D eigenvalue weighted by Crippen LogP contribution is 2.34. The van der Waals surface area contributed by atoms with Crippen LogP contribution in [0.5, 0.6) is 5.75 Å². The second-order valence-electron chi connectivity index (χ2n) is 6.07. The van der Waals surface area contributed by atoms with Crippen molar-refractivity contribution in [3.05, 3.63) is 73.2 Å². The molecule has 0 atom stereocenters. The number of rotatable bonds is 2. The van der Waals surface area contributed by atoms with Crippen LogP contribution in [0.4, 0.5) is 11.4 Å². The fraction of sp³-hybridized carbons (Fsp3) is 0. The van der Waals surface area contributed by atoms with E-state index in [0.717, 1.165) is 27.2 Å². The van der Waals surface area contributed by atoms with E-state index in [2.05, 4.69) is 25.2 Å². The van der Waals surface area contributed by atoms with Crippen LogP contribution in [0.3, 0.4) is 0 Å². The Morgan fingerprint density at radius 3 is 2.19 bits per heavy atom. The molecular formula is C21H13N5O.